The van der Waals surface area contributed by atoms with Crippen molar-refractivity contribution in [2.24, 2.45) is 0 Å². The predicted octanol–water partition coefficient (Wildman–Crippen LogP) is 2.39. The molecule has 3 heteroatoms. The molecule has 0 spiro atoms. The monoisotopic (exact) mass is 228 g/mol. The zero-order valence-electron chi connectivity index (χ0n) is 9.85. The van der Waals surface area contributed by atoms with Gasteiger partial charge in [0.2, 0.25) is 0 Å². The molecule has 0 radical (unpaired) electrons. The molecule has 0 bridgehead atoms. The first-order valence-corrected chi connectivity index (χ1v) is 5.64. The SMILES string of the molecule is Cc1ccncc1CNCc1cccc(O)c1. The maximum Gasteiger partial charge on any atom is 0.115 e. The molecule has 0 aliphatic heterocycles. The minimum Gasteiger partial charge on any atom is -0.508 e. The van der Waals surface area contributed by atoms with E-state index in [2.05, 4.69) is 17.2 Å². The fraction of sp³-hybridized carbons (Fsp3) is 0.214. The van der Waals surface area contributed by atoms with Crippen LogP contribution < -0.4 is 5.32 Å². The van der Waals surface area contributed by atoms with Crippen molar-refractivity contribution in [1.29, 1.82) is 0 Å². The zero-order chi connectivity index (χ0) is 12.1. The normalized spacial score (nSPS) is 10.4. The van der Waals surface area contributed by atoms with Gasteiger partial charge in [-0.15, -0.1) is 0 Å². The van der Waals surface area contributed by atoms with E-state index in [1.54, 1.807) is 18.3 Å². The van der Waals surface area contributed by atoms with E-state index in [0.29, 0.717) is 5.75 Å². The first kappa shape index (κ1) is 11.6. The second kappa shape index (κ2) is 5.46. The third kappa shape index (κ3) is 3.29. The highest BCUT2D eigenvalue weighted by Crippen LogP contribution is 2.11. The molecule has 3 nitrogen and oxygen atoms in total. The van der Waals surface area contributed by atoms with Crippen LogP contribution in [0.15, 0.2) is 42.7 Å². The second-order valence-corrected chi connectivity index (χ2v) is 4.08. The summed E-state index contributed by atoms with van der Waals surface area (Å²) in [5, 5.41) is 12.7. The molecule has 0 atom stereocenters. The lowest BCUT2D eigenvalue weighted by atomic mass is 10.1. The first-order chi connectivity index (χ1) is 8.25. The Bertz CT molecular complexity index is 497. The molecular weight excluding hydrogens is 212 g/mol. The number of hydrogen-bond acceptors (Lipinski definition) is 3. The standard InChI is InChI=1S/C14H16N2O/c1-11-5-6-15-9-13(11)10-16-8-12-3-2-4-14(17)7-12/h2-7,9,16-17H,8,10H2,1H3. The van der Waals surface area contributed by atoms with Gasteiger partial charge in [0.1, 0.15) is 5.75 Å². The molecule has 0 saturated carbocycles. The molecule has 2 aromatic rings. The lowest BCUT2D eigenvalue weighted by Crippen LogP contribution is -2.13. The summed E-state index contributed by atoms with van der Waals surface area (Å²) in [6.45, 7) is 3.60. The molecule has 0 amide bonds. The summed E-state index contributed by atoms with van der Waals surface area (Å²) < 4.78 is 0. The smallest absolute Gasteiger partial charge is 0.115 e. The topological polar surface area (TPSA) is 45.2 Å². The van der Waals surface area contributed by atoms with Crippen molar-refractivity contribution in [3.63, 3.8) is 0 Å². The van der Waals surface area contributed by atoms with Crippen LogP contribution in [0, 0.1) is 6.92 Å². The largest absolute Gasteiger partial charge is 0.508 e. The molecule has 0 unspecified atom stereocenters. The maximum absolute atomic E-state index is 9.34. The van der Waals surface area contributed by atoms with E-state index in [4.69, 9.17) is 0 Å². The quantitative estimate of drug-likeness (QED) is 0.844. The Hall–Kier alpha value is -1.87. The van der Waals surface area contributed by atoms with Gasteiger partial charge in [-0.25, -0.2) is 0 Å². The van der Waals surface area contributed by atoms with E-state index in [1.165, 1.54) is 11.1 Å². The number of aromatic nitrogens is 1. The van der Waals surface area contributed by atoms with Crippen LogP contribution in [0.1, 0.15) is 16.7 Å². The van der Waals surface area contributed by atoms with E-state index in [1.807, 2.05) is 24.4 Å². The lowest BCUT2D eigenvalue weighted by Gasteiger charge is -2.07. The third-order valence-corrected chi connectivity index (χ3v) is 2.70. The van der Waals surface area contributed by atoms with Crippen LogP contribution >= 0.6 is 0 Å². The van der Waals surface area contributed by atoms with Crippen molar-refractivity contribution in [2.75, 3.05) is 0 Å². The molecule has 1 aromatic heterocycles. The number of aromatic hydroxyl groups is 1. The zero-order valence-corrected chi connectivity index (χ0v) is 9.85. The molecule has 0 fully saturated rings. The number of benzene rings is 1. The molecular formula is C14H16N2O. The number of rotatable bonds is 4. The van der Waals surface area contributed by atoms with Crippen molar-refractivity contribution >= 4 is 0 Å². The minimum absolute atomic E-state index is 0.307. The molecule has 17 heavy (non-hydrogen) atoms. The van der Waals surface area contributed by atoms with Gasteiger partial charge in [0.15, 0.2) is 0 Å². The number of hydrogen-bond donors (Lipinski definition) is 2. The van der Waals surface area contributed by atoms with Gasteiger partial charge >= 0.3 is 0 Å². The van der Waals surface area contributed by atoms with E-state index in [0.717, 1.165) is 18.7 Å². The van der Waals surface area contributed by atoms with Gasteiger partial charge in [0, 0.05) is 25.5 Å². The maximum atomic E-state index is 9.34. The first-order valence-electron chi connectivity index (χ1n) is 5.64. The summed E-state index contributed by atoms with van der Waals surface area (Å²) in [4.78, 5) is 4.11. The van der Waals surface area contributed by atoms with Gasteiger partial charge in [-0.2, -0.15) is 0 Å². The number of phenols is 1. The summed E-state index contributed by atoms with van der Waals surface area (Å²) in [7, 11) is 0. The molecule has 1 heterocycles. The fourth-order valence-electron chi connectivity index (χ4n) is 1.69. The van der Waals surface area contributed by atoms with Crippen LogP contribution in [0.5, 0.6) is 5.75 Å². The van der Waals surface area contributed by atoms with Crippen LogP contribution in [0.25, 0.3) is 0 Å². The number of phenolic OH excluding ortho intramolecular Hbond substituents is 1. The fourth-order valence-corrected chi connectivity index (χ4v) is 1.69. The van der Waals surface area contributed by atoms with Gasteiger partial charge in [-0.05, 0) is 41.8 Å². The van der Waals surface area contributed by atoms with Crippen molar-refractivity contribution in [3.8, 4) is 5.75 Å². The number of nitrogens with one attached hydrogen (secondary N) is 1. The van der Waals surface area contributed by atoms with Crippen LogP contribution in [0.2, 0.25) is 0 Å². The van der Waals surface area contributed by atoms with Crippen LogP contribution in [0.3, 0.4) is 0 Å². The van der Waals surface area contributed by atoms with Crippen molar-refractivity contribution in [1.82, 2.24) is 10.3 Å². The minimum atomic E-state index is 0.307. The van der Waals surface area contributed by atoms with Gasteiger partial charge in [-0.3, -0.25) is 4.98 Å². The highest BCUT2D eigenvalue weighted by Gasteiger charge is 1.98. The Morgan fingerprint density at radius 3 is 2.88 bits per heavy atom. The van der Waals surface area contributed by atoms with Gasteiger partial charge < -0.3 is 10.4 Å². The van der Waals surface area contributed by atoms with Gasteiger partial charge in [-0.1, -0.05) is 12.1 Å². The highest BCUT2D eigenvalue weighted by atomic mass is 16.3. The van der Waals surface area contributed by atoms with E-state index in [9.17, 15) is 5.11 Å². The summed E-state index contributed by atoms with van der Waals surface area (Å²) in [5.74, 6) is 0.307. The molecule has 0 aliphatic rings. The Kier molecular flexibility index (Phi) is 3.73. The molecule has 2 N–H and O–H groups in total. The molecule has 1 aromatic carbocycles. The summed E-state index contributed by atoms with van der Waals surface area (Å²) in [6.07, 6.45) is 3.68. The number of pyridine rings is 1. The molecule has 0 saturated heterocycles. The number of nitrogens with zero attached hydrogens (tertiary/aromatic N) is 1. The van der Waals surface area contributed by atoms with Crippen molar-refractivity contribution < 1.29 is 5.11 Å². The predicted molar refractivity (Wildman–Crippen MR) is 67.6 cm³/mol. The van der Waals surface area contributed by atoms with Crippen molar-refractivity contribution in [3.05, 3.63) is 59.4 Å². The molecule has 0 aliphatic carbocycles. The van der Waals surface area contributed by atoms with Crippen LogP contribution in [-0.4, -0.2) is 10.1 Å². The summed E-state index contributed by atoms with van der Waals surface area (Å²) in [6, 6.07) is 9.29. The number of aryl methyl sites for hydroxylation is 1. The molecule has 88 valence electrons. The Morgan fingerprint density at radius 1 is 1.24 bits per heavy atom. The Balaban J connectivity index is 1.90. The summed E-state index contributed by atoms with van der Waals surface area (Å²) in [5.41, 5.74) is 3.52. The van der Waals surface area contributed by atoms with E-state index in [-0.39, 0.29) is 0 Å². The van der Waals surface area contributed by atoms with Gasteiger partial charge in [0.25, 0.3) is 0 Å². The lowest BCUT2D eigenvalue weighted by molar-refractivity contribution is 0.474. The van der Waals surface area contributed by atoms with E-state index < -0.39 is 0 Å². The average molecular weight is 228 g/mol. The molecule has 2 rings (SSSR count). The van der Waals surface area contributed by atoms with Crippen LogP contribution in [-0.2, 0) is 13.1 Å². The Morgan fingerprint density at radius 2 is 2.12 bits per heavy atom. The van der Waals surface area contributed by atoms with Gasteiger partial charge in [0.05, 0.1) is 0 Å². The summed E-state index contributed by atoms with van der Waals surface area (Å²) >= 11 is 0. The van der Waals surface area contributed by atoms with Crippen molar-refractivity contribution in [2.45, 2.75) is 20.0 Å². The second-order valence-electron chi connectivity index (χ2n) is 4.08. The van der Waals surface area contributed by atoms with Crippen LogP contribution in [0.4, 0.5) is 0 Å². The van der Waals surface area contributed by atoms with E-state index >= 15 is 0 Å². The Labute approximate surface area is 101 Å². The third-order valence-electron chi connectivity index (χ3n) is 2.70. The highest BCUT2D eigenvalue weighted by molar-refractivity contribution is 5.27. The average Bonchev–Trinajstić information content (AvgIpc) is 2.32.